The van der Waals surface area contributed by atoms with Gasteiger partial charge < -0.3 is 5.11 Å². The van der Waals surface area contributed by atoms with E-state index in [1.807, 2.05) is 0 Å². The van der Waals surface area contributed by atoms with Crippen LogP contribution in [0.1, 0.15) is 40.5 Å². The molecule has 1 heteroatoms. The first-order valence-corrected chi connectivity index (χ1v) is 4.31. The molecular formula is C10H18O. The summed E-state index contributed by atoms with van der Waals surface area (Å²) in [5.41, 5.74) is 2.83. The molecule has 1 nitrogen and oxygen atoms in total. The molecule has 0 heterocycles. The van der Waals surface area contributed by atoms with Crippen molar-refractivity contribution >= 4 is 0 Å². The van der Waals surface area contributed by atoms with Crippen molar-refractivity contribution in [2.75, 3.05) is 0 Å². The lowest BCUT2D eigenvalue weighted by Gasteiger charge is -2.37. The molecule has 11 heavy (non-hydrogen) atoms. The first-order valence-electron chi connectivity index (χ1n) is 4.31. The highest BCUT2D eigenvalue weighted by molar-refractivity contribution is 5.22. The van der Waals surface area contributed by atoms with Crippen molar-refractivity contribution in [1.29, 1.82) is 0 Å². The van der Waals surface area contributed by atoms with Crippen LogP contribution in [0.5, 0.6) is 0 Å². The molecule has 1 N–H and O–H groups in total. The van der Waals surface area contributed by atoms with Gasteiger partial charge in [-0.2, -0.15) is 0 Å². The molecule has 0 bridgehead atoms. The van der Waals surface area contributed by atoms with Gasteiger partial charge in [-0.1, -0.05) is 25.0 Å². The number of aliphatic hydroxyl groups excluding tert-OH is 1. The van der Waals surface area contributed by atoms with Crippen molar-refractivity contribution < 1.29 is 5.11 Å². The zero-order valence-corrected chi connectivity index (χ0v) is 7.94. The minimum absolute atomic E-state index is 0.00231. The predicted molar refractivity (Wildman–Crippen MR) is 47.4 cm³/mol. The van der Waals surface area contributed by atoms with Gasteiger partial charge in [0.2, 0.25) is 0 Å². The molecule has 0 spiro atoms. The second kappa shape index (κ2) is 2.63. The third kappa shape index (κ3) is 1.34. The molecule has 1 aliphatic carbocycles. The lowest BCUT2D eigenvalue weighted by atomic mass is 9.71. The summed E-state index contributed by atoms with van der Waals surface area (Å²) in [6, 6.07) is 0. The molecule has 1 aliphatic rings. The van der Waals surface area contributed by atoms with Gasteiger partial charge in [-0.15, -0.1) is 0 Å². The Bertz CT molecular complexity index is 189. The zero-order valence-electron chi connectivity index (χ0n) is 7.94. The van der Waals surface area contributed by atoms with E-state index in [1.165, 1.54) is 11.1 Å². The summed E-state index contributed by atoms with van der Waals surface area (Å²) < 4.78 is 0. The smallest absolute Gasteiger partial charge is 0.0631 e. The summed E-state index contributed by atoms with van der Waals surface area (Å²) in [5, 5.41) is 9.69. The van der Waals surface area contributed by atoms with Crippen molar-refractivity contribution in [1.82, 2.24) is 0 Å². The van der Waals surface area contributed by atoms with Crippen LogP contribution in [0.4, 0.5) is 0 Å². The highest BCUT2D eigenvalue weighted by atomic mass is 16.3. The van der Waals surface area contributed by atoms with Crippen LogP contribution in [-0.4, -0.2) is 11.2 Å². The molecule has 0 saturated carbocycles. The van der Waals surface area contributed by atoms with Crippen molar-refractivity contribution in [3.8, 4) is 0 Å². The van der Waals surface area contributed by atoms with Crippen LogP contribution in [0.2, 0.25) is 0 Å². The van der Waals surface area contributed by atoms with Crippen LogP contribution in [0.3, 0.4) is 0 Å². The van der Waals surface area contributed by atoms with Gasteiger partial charge in [-0.05, 0) is 26.7 Å². The van der Waals surface area contributed by atoms with Crippen molar-refractivity contribution in [3.63, 3.8) is 0 Å². The lowest BCUT2D eigenvalue weighted by molar-refractivity contribution is 0.0583. The van der Waals surface area contributed by atoms with E-state index in [-0.39, 0.29) is 11.5 Å². The van der Waals surface area contributed by atoms with E-state index in [2.05, 4.69) is 27.7 Å². The Morgan fingerprint density at radius 3 is 2.36 bits per heavy atom. The van der Waals surface area contributed by atoms with Gasteiger partial charge in [-0.3, -0.25) is 0 Å². The van der Waals surface area contributed by atoms with Crippen LogP contribution >= 0.6 is 0 Å². The maximum Gasteiger partial charge on any atom is 0.0631 e. The Kier molecular flexibility index (Phi) is 2.10. The predicted octanol–water partition coefficient (Wildman–Crippen LogP) is 2.50. The minimum Gasteiger partial charge on any atom is -0.392 e. The molecule has 0 aromatic carbocycles. The first-order chi connectivity index (χ1) is 4.96. The van der Waals surface area contributed by atoms with E-state index in [1.54, 1.807) is 0 Å². The van der Waals surface area contributed by atoms with Crippen LogP contribution in [0.15, 0.2) is 11.1 Å². The fourth-order valence-corrected chi connectivity index (χ4v) is 1.70. The molecule has 0 radical (unpaired) electrons. The molecule has 0 fully saturated rings. The molecule has 1 unspecified atom stereocenters. The number of hydrogen-bond acceptors (Lipinski definition) is 1. The van der Waals surface area contributed by atoms with Gasteiger partial charge in [0.05, 0.1) is 6.10 Å². The van der Waals surface area contributed by atoms with Gasteiger partial charge in [-0.25, -0.2) is 0 Å². The summed E-state index contributed by atoms with van der Waals surface area (Å²) in [7, 11) is 0. The molecule has 0 amide bonds. The van der Waals surface area contributed by atoms with E-state index in [0.717, 1.165) is 12.8 Å². The normalized spacial score (nSPS) is 30.8. The Morgan fingerprint density at radius 2 is 1.91 bits per heavy atom. The SMILES string of the molecule is CC1=C(C)C(C)(C)C(O)CC1. The Hall–Kier alpha value is -0.300. The Morgan fingerprint density at radius 1 is 1.36 bits per heavy atom. The number of aliphatic hydroxyl groups is 1. The van der Waals surface area contributed by atoms with Crippen LogP contribution in [0, 0.1) is 5.41 Å². The van der Waals surface area contributed by atoms with Crippen LogP contribution in [-0.2, 0) is 0 Å². The summed E-state index contributed by atoms with van der Waals surface area (Å²) in [5.74, 6) is 0. The standard InChI is InChI=1S/C10H18O/c1-7-5-6-9(11)10(3,4)8(7)2/h9,11H,5-6H2,1-4H3. The topological polar surface area (TPSA) is 20.2 Å². The van der Waals surface area contributed by atoms with Gasteiger partial charge in [0.25, 0.3) is 0 Å². The largest absolute Gasteiger partial charge is 0.392 e. The molecule has 1 rings (SSSR count). The average molecular weight is 154 g/mol. The highest BCUT2D eigenvalue weighted by Gasteiger charge is 2.33. The van der Waals surface area contributed by atoms with Gasteiger partial charge in [0, 0.05) is 5.41 Å². The highest BCUT2D eigenvalue weighted by Crippen LogP contribution is 2.39. The second-order valence-corrected chi connectivity index (χ2v) is 4.18. The maximum absolute atomic E-state index is 9.69. The third-order valence-electron chi connectivity index (χ3n) is 3.23. The molecule has 64 valence electrons. The van der Waals surface area contributed by atoms with Crippen LogP contribution < -0.4 is 0 Å². The molecule has 0 aromatic heterocycles. The van der Waals surface area contributed by atoms with E-state index >= 15 is 0 Å². The quantitative estimate of drug-likeness (QED) is 0.531. The van der Waals surface area contributed by atoms with Crippen molar-refractivity contribution in [3.05, 3.63) is 11.1 Å². The van der Waals surface area contributed by atoms with Crippen molar-refractivity contribution in [2.24, 2.45) is 5.41 Å². The number of hydrogen-bond donors (Lipinski definition) is 1. The third-order valence-corrected chi connectivity index (χ3v) is 3.23. The summed E-state index contributed by atoms with van der Waals surface area (Å²) >= 11 is 0. The zero-order chi connectivity index (χ0) is 8.65. The molecule has 1 atom stereocenters. The van der Waals surface area contributed by atoms with Gasteiger partial charge >= 0.3 is 0 Å². The first kappa shape index (κ1) is 8.79. The molecular weight excluding hydrogens is 136 g/mol. The van der Waals surface area contributed by atoms with Gasteiger partial charge in [0.15, 0.2) is 0 Å². The monoisotopic (exact) mass is 154 g/mol. The molecule has 0 saturated heterocycles. The second-order valence-electron chi connectivity index (χ2n) is 4.18. The van der Waals surface area contributed by atoms with E-state index in [4.69, 9.17) is 0 Å². The fourth-order valence-electron chi connectivity index (χ4n) is 1.70. The Balaban J connectivity index is 2.98. The number of allylic oxidation sites excluding steroid dienone is 1. The maximum atomic E-state index is 9.69. The molecule has 0 aromatic rings. The Labute approximate surface area is 69.1 Å². The molecule has 0 aliphatic heterocycles. The fraction of sp³-hybridized carbons (Fsp3) is 0.800. The summed E-state index contributed by atoms with van der Waals surface area (Å²) in [6.07, 6.45) is 1.85. The van der Waals surface area contributed by atoms with Gasteiger partial charge in [0.1, 0.15) is 0 Å². The summed E-state index contributed by atoms with van der Waals surface area (Å²) in [6.45, 7) is 8.55. The van der Waals surface area contributed by atoms with E-state index < -0.39 is 0 Å². The van der Waals surface area contributed by atoms with Crippen LogP contribution in [0.25, 0.3) is 0 Å². The number of rotatable bonds is 0. The lowest BCUT2D eigenvalue weighted by Crippen LogP contribution is -2.34. The summed E-state index contributed by atoms with van der Waals surface area (Å²) in [4.78, 5) is 0. The minimum atomic E-state index is -0.147. The van der Waals surface area contributed by atoms with E-state index in [9.17, 15) is 5.11 Å². The van der Waals surface area contributed by atoms with E-state index in [0.29, 0.717) is 0 Å². The average Bonchev–Trinajstić information content (AvgIpc) is 1.95. The van der Waals surface area contributed by atoms with Crippen molar-refractivity contribution in [2.45, 2.75) is 46.6 Å².